The van der Waals surface area contributed by atoms with Crippen LogP contribution < -0.4 is 4.74 Å². The Morgan fingerprint density at radius 1 is 1.20 bits per heavy atom. The predicted octanol–water partition coefficient (Wildman–Crippen LogP) is 2.72. The minimum atomic E-state index is -0.339. The summed E-state index contributed by atoms with van der Waals surface area (Å²) in [5, 5.41) is 0. The number of benzene rings is 1. The second-order valence-electron chi connectivity index (χ2n) is 3.79. The van der Waals surface area contributed by atoms with Gasteiger partial charge >= 0.3 is 0 Å². The Morgan fingerprint density at radius 2 is 1.87 bits per heavy atom. The fourth-order valence-electron chi connectivity index (χ4n) is 1.75. The number of Topliss-reactive ketones (excluding diaryl/α,β-unsaturated/α-hetero) is 1. The highest BCUT2D eigenvalue weighted by atomic mass is 19.1. The molecule has 1 aromatic rings. The molecular weight excluding hydrogens is 195 g/mol. The van der Waals surface area contributed by atoms with Gasteiger partial charge in [0.2, 0.25) is 0 Å². The monoisotopic (exact) mass is 208 g/mol. The molecule has 0 N–H and O–H groups in total. The Kier molecular flexibility index (Phi) is 2.99. The molecule has 1 aliphatic carbocycles. The molecule has 0 aliphatic heterocycles. The van der Waals surface area contributed by atoms with Crippen molar-refractivity contribution in [1.82, 2.24) is 0 Å². The molecule has 0 unspecified atom stereocenters. The topological polar surface area (TPSA) is 26.3 Å². The van der Waals surface area contributed by atoms with E-state index in [-0.39, 0.29) is 23.5 Å². The van der Waals surface area contributed by atoms with Crippen molar-refractivity contribution in [2.45, 2.75) is 31.8 Å². The predicted molar refractivity (Wildman–Crippen MR) is 54.3 cm³/mol. The van der Waals surface area contributed by atoms with Gasteiger partial charge in [0.15, 0.2) is 11.6 Å². The zero-order valence-corrected chi connectivity index (χ0v) is 8.41. The van der Waals surface area contributed by atoms with Gasteiger partial charge in [-0.05, 0) is 25.0 Å². The second kappa shape index (κ2) is 4.43. The van der Waals surface area contributed by atoms with E-state index in [0.29, 0.717) is 25.7 Å². The van der Waals surface area contributed by atoms with E-state index in [1.165, 1.54) is 6.07 Å². The van der Waals surface area contributed by atoms with Crippen molar-refractivity contribution >= 4 is 5.78 Å². The zero-order chi connectivity index (χ0) is 10.7. The molecule has 0 amide bonds. The van der Waals surface area contributed by atoms with Crippen LogP contribution >= 0.6 is 0 Å². The minimum Gasteiger partial charge on any atom is -0.487 e. The van der Waals surface area contributed by atoms with Crippen LogP contribution in [0.25, 0.3) is 0 Å². The van der Waals surface area contributed by atoms with Crippen LogP contribution in [-0.4, -0.2) is 11.9 Å². The van der Waals surface area contributed by atoms with Crippen LogP contribution in [0.2, 0.25) is 0 Å². The number of carbonyl (C=O) groups excluding carboxylic acids is 1. The molecule has 1 saturated carbocycles. The number of para-hydroxylation sites is 1. The van der Waals surface area contributed by atoms with Crippen LogP contribution in [0, 0.1) is 5.82 Å². The summed E-state index contributed by atoms with van der Waals surface area (Å²) in [6.45, 7) is 0. The SMILES string of the molecule is O=C1CCC(Oc2ccccc2F)CC1. The number of hydrogen-bond acceptors (Lipinski definition) is 2. The zero-order valence-electron chi connectivity index (χ0n) is 8.41. The Morgan fingerprint density at radius 3 is 2.53 bits per heavy atom. The molecule has 0 saturated heterocycles. The molecule has 0 aromatic heterocycles. The van der Waals surface area contributed by atoms with E-state index in [1.54, 1.807) is 18.2 Å². The lowest BCUT2D eigenvalue weighted by Crippen LogP contribution is -2.24. The second-order valence-corrected chi connectivity index (χ2v) is 3.79. The molecule has 1 fully saturated rings. The van der Waals surface area contributed by atoms with Gasteiger partial charge in [-0.15, -0.1) is 0 Å². The van der Waals surface area contributed by atoms with E-state index in [1.807, 2.05) is 0 Å². The first kappa shape index (κ1) is 10.1. The summed E-state index contributed by atoms with van der Waals surface area (Å²) in [6, 6.07) is 6.37. The summed E-state index contributed by atoms with van der Waals surface area (Å²) in [7, 11) is 0. The van der Waals surface area contributed by atoms with Gasteiger partial charge in [-0.3, -0.25) is 4.79 Å². The summed E-state index contributed by atoms with van der Waals surface area (Å²) >= 11 is 0. The van der Waals surface area contributed by atoms with E-state index in [2.05, 4.69) is 0 Å². The summed E-state index contributed by atoms with van der Waals surface area (Å²) in [5.41, 5.74) is 0. The number of carbonyl (C=O) groups is 1. The Hall–Kier alpha value is -1.38. The van der Waals surface area contributed by atoms with Gasteiger partial charge in [-0.1, -0.05) is 12.1 Å². The fourth-order valence-corrected chi connectivity index (χ4v) is 1.75. The standard InChI is InChI=1S/C12H13FO2/c13-11-3-1-2-4-12(11)15-10-7-5-9(14)6-8-10/h1-4,10H,5-8H2. The molecule has 3 heteroatoms. The van der Waals surface area contributed by atoms with Crippen molar-refractivity contribution in [1.29, 1.82) is 0 Å². The van der Waals surface area contributed by atoms with Gasteiger partial charge in [0.25, 0.3) is 0 Å². The third-order valence-electron chi connectivity index (χ3n) is 2.62. The van der Waals surface area contributed by atoms with E-state index in [9.17, 15) is 9.18 Å². The van der Waals surface area contributed by atoms with Gasteiger partial charge in [-0.25, -0.2) is 4.39 Å². The first-order valence-electron chi connectivity index (χ1n) is 5.18. The average Bonchev–Trinajstić information content (AvgIpc) is 2.25. The lowest BCUT2D eigenvalue weighted by atomic mass is 9.96. The normalized spacial score (nSPS) is 17.8. The molecular formula is C12H13FO2. The third kappa shape index (κ3) is 2.55. The maximum Gasteiger partial charge on any atom is 0.165 e. The highest BCUT2D eigenvalue weighted by Crippen LogP contribution is 2.23. The van der Waals surface area contributed by atoms with Gasteiger partial charge in [0, 0.05) is 12.8 Å². The van der Waals surface area contributed by atoms with E-state index in [4.69, 9.17) is 4.74 Å². The summed E-state index contributed by atoms with van der Waals surface area (Å²) in [6.07, 6.45) is 2.50. The highest BCUT2D eigenvalue weighted by molar-refractivity contribution is 5.79. The third-order valence-corrected chi connectivity index (χ3v) is 2.62. The quantitative estimate of drug-likeness (QED) is 0.747. The number of ketones is 1. The van der Waals surface area contributed by atoms with Gasteiger partial charge in [0.05, 0.1) is 6.10 Å². The highest BCUT2D eigenvalue weighted by Gasteiger charge is 2.20. The summed E-state index contributed by atoms with van der Waals surface area (Å²) < 4.78 is 18.7. The lowest BCUT2D eigenvalue weighted by Gasteiger charge is -2.22. The van der Waals surface area contributed by atoms with Crippen molar-refractivity contribution in [3.8, 4) is 5.75 Å². The molecule has 2 rings (SSSR count). The molecule has 2 nitrogen and oxygen atoms in total. The van der Waals surface area contributed by atoms with Crippen molar-refractivity contribution in [2.75, 3.05) is 0 Å². The van der Waals surface area contributed by atoms with Crippen LogP contribution in [-0.2, 0) is 4.79 Å². The molecule has 1 aromatic carbocycles. The van der Waals surface area contributed by atoms with Gasteiger partial charge < -0.3 is 4.74 Å². The minimum absolute atomic E-state index is 0.0143. The summed E-state index contributed by atoms with van der Waals surface area (Å²) in [4.78, 5) is 11.0. The average molecular weight is 208 g/mol. The Bertz CT molecular complexity index is 352. The largest absolute Gasteiger partial charge is 0.487 e. The smallest absolute Gasteiger partial charge is 0.165 e. The molecule has 0 atom stereocenters. The van der Waals surface area contributed by atoms with Crippen molar-refractivity contribution in [2.24, 2.45) is 0 Å². The van der Waals surface area contributed by atoms with Gasteiger partial charge in [0.1, 0.15) is 5.78 Å². The molecule has 0 radical (unpaired) electrons. The van der Waals surface area contributed by atoms with Crippen LogP contribution in [0.3, 0.4) is 0 Å². The van der Waals surface area contributed by atoms with E-state index >= 15 is 0 Å². The van der Waals surface area contributed by atoms with Crippen molar-refractivity contribution in [3.63, 3.8) is 0 Å². The molecule has 0 spiro atoms. The molecule has 15 heavy (non-hydrogen) atoms. The first-order valence-corrected chi connectivity index (χ1v) is 5.18. The van der Waals surface area contributed by atoms with Gasteiger partial charge in [-0.2, -0.15) is 0 Å². The molecule has 0 heterocycles. The van der Waals surface area contributed by atoms with Crippen LogP contribution in [0.4, 0.5) is 4.39 Å². The lowest BCUT2D eigenvalue weighted by molar-refractivity contribution is -0.121. The van der Waals surface area contributed by atoms with Crippen LogP contribution in [0.5, 0.6) is 5.75 Å². The van der Waals surface area contributed by atoms with E-state index in [0.717, 1.165) is 0 Å². The number of hydrogen-bond donors (Lipinski definition) is 0. The Balaban J connectivity index is 1.97. The molecule has 1 aliphatic rings. The number of ether oxygens (including phenoxy) is 1. The number of rotatable bonds is 2. The summed E-state index contributed by atoms with van der Waals surface area (Å²) in [5.74, 6) is 0.231. The maximum absolute atomic E-state index is 13.2. The van der Waals surface area contributed by atoms with Crippen LogP contribution in [0.1, 0.15) is 25.7 Å². The van der Waals surface area contributed by atoms with E-state index < -0.39 is 0 Å². The van der Waals surface area contributed by atoms with Crippen LogP contribution in [0.15, 0.2) is 24.3 Å². The molecule has 80 valence electrons. The fraction of sp³-hybridized carbons (Fsp3) is 0.417. The van der Waals surface area contributed by atoms with Crippen molar-refractivity contribution in [3.05, 3.63) is 30.1 Å². The van der Waals surface area contributed by atoms with Crippen molar-refractivity contribution < 1.29 is 13.9 Å². The molecule has 0 bridgehead atoms. The number of halogens is 1. The Labute approximate surface area is 88.1 Å². The maximum atomic E-state index is 13.2. The first-order chi connectivity index (χ1) is 7.25.